The van der Waals surface area contributed by atoms with Crippen LogP contribution in [0.1, 0.15) is 18.1 Å². The summed E-state index contributed by atoms with van der Waals surface area (Å²) in [5.41, 5.74) is -2.52. The van der Waals surface area contributed by atoms with Gasteiger partial charge in [-0.05, 0) is 18.5 Å². The van der Waals surface area contributed by atoms with E-state index in [4.69, 9.17) is 18.5 Å². The van der Waals surface area contributed by atoms with E-state index in [2.05, 4.69) is 4.98 Å². The molecule has 0 radical (unpaired) electrons. The molecule has 0 atom stereocenters. The fourth-order valence-electron chi connectivity index (χ4n) is 0.490. The van der Waals surface area contributed by atoms with Gasteiger partial charge in [0.05, 0.1) is 2.74 Å². The summed E-state index contributed by atoms with van der Waals surface area (Å²) in [6.07, 6.45) is -6.05. The van der Waals surface area contributed by atoms with Crippen LogP contribution in [0.3, 0.4) is 0 Å². The van der Waals surface area contributed by atoms with Gasteiger partial charge >= 0.3 is 6.18 Å². The maximum Gasteiger partial charge on any atom is 0.433 e. The lowest BCUT2D eigenvalue weighted by molar-refractivity contribution is -0.141. The maximum atomic E-state index is 12.4. The molecule has 0 aliphatic rings. The predicted octanol–water partition coefficient (Wildman–Crippen LogP) is 3.06. The van der Waals surface area contributed by atoms with E-state index in [0.717, 1.165) is 0 Å². The molecule has 0 amide bonds. The first kappa shape index (κ1) is 4.46. The molecule has 0 aromatic carbocycles. The molecule has 1 aromatic heterocycles. The Hall–Kier alpha value is -0.770. The second-order valence-corrected chi connectivity index (χ2v) is 2.26. The van der Waals surface area contributed by atoms with Crippen molar-refractivity contribution in [2.75, 3.05) is 0 Å². The average molecular weight is 201 g/mol. The highest BCUT2D eigenvalue weighted by Crippen LogP contribution is 2.29. The number of pyridine rings is 1. The Bertz CT molecular complexity index is 456. The zero-order valence-electron chi connectivity index (χ0n) is 10.5. The van der Waals surface area contributed by atoms with Crippen LogP contribution in [-0.4, -0.2) is 4.98 Å². The van der Waals surface area contributed by atoms with Crippen LogP contribution in [0.4, 0.5) is 13.2 Å². The molecule has 0 saturated carbocycles. The van der Waals surface area contributed by atoms with E-state index in [-0.39, 0.29) is 0 Å². The van der Waals surface area contributed by atoms with E-state index < -0.39 is 41.5 Å². The quantitative estimate of drug-likeness (QED) is 0.627. The van der Waals surface area contributed by atoms with Gasteiger partial charge in [-0.15, -0.1) is 0 Å². The minimum absolute atomic E-state index is 0.850. The summed E-state index contributed by atoms with van der Waals surface area (Å²) < 4.78 is 72.4. The lowest BCUT2D eigenvalue weighted by atomic mass is 10.3. The topological polar surface area (TPSA) is 12.9 Å². The third-order valence-electron chi connectivity index (χ3n) is 0.996. The van der Waals surface area contributed by atoms with Crippen molar-refractivity contribution in [3.05, 3.63) is 28.5 Å². The van der Waals surface area contributed by atoms with E-state index in [1.807, 2.05) is 0 Å². The molecule has 12 heavy (non-hydrogen) atoms. The third-order valence-corrected chi connectivity index (χ3v) is 1.28. The summed E-state index contributed by atoms with van der Waals surface area (Å²) in [7, 11) is 0. The second-order valence-electron chi connectivity index (χ2n) is 1.88. The van der Waals surface area contributed by atoms with Gasteiger partial charge in [-0.25, -0.2) is 0 Å². The molecule has 1 heterocycles. The van der Waals surface area contributed by atoms with Crippen LogP contribution in [0.5, 0.6) is 0 Å². The van der Waals surface area contributed by atoms with Gasteiger partial charge in [0.2, 0.25) is 0 Å². The zero-order chi connectivity index (χ0) is 13.6. The van der Waals surface area contributed by atoms with Gasteiger partial charge in [0.1, 0.15) is 5.69 Å². The van der Waals surface area contributed by atoms with Crippen molar-refractivity contribution in [3.63, 3.8) is 0 Å². The van der Waals surface area contributed by atoms with Gasteiger partial charge in [-0.3, -0.25) is 4.98 Å². The summed E-state index contributed by atoms with van der Waals surface area (Å²) >= 11 is 5.39. The van der Waals surface area contributed by atoms with Crippen LogP contribution in [0.15, 0.2) is 12.2 Å². The molecule has 0 unspecified atom stereocenters. The zero-order valence-corrected chi connectivity index (χ0v) is 6.22. The standard InChI is InChI=1S/C7H5ClF3N/c1-4-3-12-6(2-5(4)8)7(9,10)11/h2-3H,1H3/i1D3,2D,3D. The molecule has 0 bridgehead atoms. The van der Waals surface area contributed by atoms with Crippen molar-refractivity contribution >= 4 is 11.6 Å². The number of hydrogen-bond acceptors (Lipinski definition) is 1. The largest absolute Gasteiger partial charge is 0.433 e. The van der Waals surface area contributed by atoms with Crippen LogP contribution >= 0.6 is 11.6 Å². The molecular formula is C7H5ClF3N. The van der Waals surface area contributed by atoms with Gasteiger partial charge in [-0.1, -0.05) is 11.6 Å². The molecule has 0 N–H and O–H groups in total. The van der Waals surface area contributed by atoms with E-state index in [1.165, 1.54) is 0 Å². The minimum Gasteiger partial charge on any atom is -0.251 e. The van der Waals surface area contributed by atoms with Gasteiger partial charge in [0.15, 0.2) is 0 Å². The smallest absolute Gasteiger partial charge is 0.251 e. The number of hydrogen-bond donors (Lipinski definition) is 0. The Balaban J connectivity index is 3.60. The first-order valence-electron chi connectivity index (χ1n) is 5.20. The van der Waals surface area contributed by atoms with Crippen LogP contribution in [0.25, 0.3) is 0 Å². The highest BCUT2D eigenvalue weighted by molar-refractivity contribution is 6.31. The fourth-order valence-corrected chi connectivity index (χ4v) is 0.621. The van der Waals surface area contributed by atoms with E-state index in [0.29, 0.717) is 0 Å². The van der Waals surface area contributed by atoms with Gasteiger partial charge in [-0.2, -0.15) is 13.2 Å². The van der Waals surface area contributed by atoms with Crippen LogP contribution < -0.4 is 0 Å². The van der Waals surface area contributed by atoms with Crippen LogP contribution in [0.2, 0.25) is 5.02 Å². The summed E-state index contributed by atoms with van der Waals surface area (Å²) in [5, 5.41) is -0.919. The number of nitrogens with zero attached hydrogens (tertiary/aromatic N) is 1. The van der Waals surface area contributed by atoms with Crippen molar-refractivity contribution in [1.82, 2.24) is 4.98 Å². The molecule has 0 aliphatic heterocycles. The molecule has 0 saturated heterocycles. The van der Waals surface area contributed by atoms with Crippen molar-refractivity contribution in [3.8, 4) is 0 Å². The van der Waals surface area contributed by atoms with Gasteiger partial charge in [0, 0.05) is 15.3 Å². The third kappa shape index (κ3) is 1.88. The Labute approximate surface area is 79.2 Å². The second kappa shape index (κ2) is 2.94. The number of rotatable bonds is 0. The molecular weight excluding hydrogens is 191 g/mol. The highest BCUT2D eigenvalue weighted by atomic mass is 35.5. The summed E-state index contributed by atoms with van der Waals surface area (Å²) in [6.45, 7) is -2.89. The summed E-state index contributed by atoms with van der Waals surface area (Å²) in [6, 6.07) is -1.23. The summed E-state index contributed by atoms with van der Waals surface area (Å²) in [4.78, 5) is 2.78. The Morgan fingerprint density at radius 1 is 1.67 bits per heavy atom. The van der Waals surface area contributed by atoms with Crippen LogP contribution in [-0.2, 0) is 6.18 Å². The molecule has 0 aliphatic carbocycles. The monoisotopic (exact) mass is 200 g/mol. The normalized spacial score (nSPS) is 18.8. The molecule has 1 rings (SSSR count). The van der Waals surface area contributed by atoms with Crippen molar-refractivity contribution in [1.29, 1.82) is 0 Å². The van der Waals surface area contributed by atoms with Crippen molar-refractivity contribution < 1.29 is 20.0 Å². The molecule has 0 spiro atoms. The van der Waals surface area contributed by atoms with Crippen molar-refractivity contribution in [2.24, 2.45) is 0 Å². The van der Waals surface area contributed by atoms with Crippen LogP contribution in [0, 0.1) is 6.85 Å². The maximum absolute atomic E-state index is 12.4. The highest BCUT2D eigenvalue weighted by Gasteiger charge is 2.32. The Morgan fingerprint density at radius 3 is 2.83 bits per heavy atom. The first-order valence-corrected chi connectivity index (χ1v) is 3.08. The molecule has 0 fully saturated rings. The van der Waals surface area contributed by atoms with Gasteiger partial charge in [0.25, 0.3) is 0 Å². The molecule has 66 valence electrons. The van der Waals surface area contributed by atoms with E-state index >= 15 is 0 Å². The molecule has 5 heteroatoms. The van der Waals surface area contributed by atoms with Crippen molar-refractivity contribution in [2.45, 2.75) is 13.0 Å². The lowest BCUT2D eigenvalue weighted by Crippen LogP contribution is -2.07. The Morgan fingerprint density at radius 2 is 2.33 bits per heavy atom. The molecule has 1 nitrogen and oxygen atoms in total. The lowest BCUT2D eigenvalue weighted by Gasteiger charge is -2.05. The molecule has 1 aromatic rings. The number of aromatic nitrogens is 1. The SMILES string of the molecule is [2H]c1nc(C(F)(F)F)c([2H])c(Cl)c1C([2H])([2H])[2H]. The summed E-state index contributed by atoms with van der Waals surface area (Å²) in [5.74, 6) is 0. The fraction of sp³-hybridized carbons (Fsp3) is 0.286. The number of halogens is 4. The predicted molar refractivity (Wildman–Crippen MR) is 39.0 cm³/mol. The van der Waals surface area contributed by atoms with E-state index in [1.54, 1.807) is 0 Å². The van der Waals surface area contributed by atoms with Gasteiger partial charge < -0.3 is 0 Å². The Kier molecular flexibility index (Phi) is 1.09. The first-order chi connectivity index (χ1) is 7.46. The van der Waals surface area contributed by atoms with E-state index in [9.17, 15) is 13.2 Å². The minimum atomic E-state index is -4.95. The number of alkyl halides is 3. The average Bonchev–Trinajstić information content (AvgIpc) is 2.07.